The molecule has 0 fully saturated rings. The molecule has 0 spiro atoms. The van der Waals surface area contributed by atoms with Crippen LogP contribution in [0.3, 0.4) is 0 Å². The second-order valence-corrected chi connectivity index (χ2v) is 4.94. The third-order valence-electron chi connectivity index (χ3n) is 2.43. The fraction of sp³-hybridized carbons (Fsp3) is 0.300. The number of rotatable bonds is 1. The Balaban J connectivity index is 2.18. The van der Waals surface area contributed by atoms with E-state index in [1.165, 1.54) is 0 Å². The van der Waals surface area contributed by atoms with Gasteiger partial charge in [0.2, 0.25) is 4.96 Å². The van der Waals surface area contributed by atoms with Gasteiger partial charge in [-0.2, -0.15) is 10.2 Å². The van der Waals surface area contributed by atoms with Crippen LogP contribution in [0.25, 0.3) is 16.2 Å². The van der Waals surface area contributed by atoms with Crippen molar-refractivity contribution in [3.05, 3.63) is 23.1 Å². The van der Waals surface area contributed by atoms with E-state index in [2.05, 4.69) is 15.2 Å². The van der Waals surface area contributed by atoms with Crippen molar-refractivity contribution in [1.82, 2.24) is 24.4 Å². The molecule has 0 saturated carbocycles. The van der Waals surface area contributed by atoms with Crippen LogP contribution in [0.5, 0.6) is 0 Å². The molecule has 0 aliphatic carbocycles. The van der Waals surface area contributed by atoms with Crippen molar-refractivity contribution in [1.29, 1.82) is 0 Å². The van der Waals surface area contributed by atoms with E-state index >= 15 is 0 Å². The van der Waals surface area contributed by atoms with Crippen LogP contribution in [0.15, 0.2) is 12.4 Å². The Morgan fingerprint density at radius 3 is 2.62 bits per heavy atom. The first kappa shape index (κ1) is 9.53. The molecule has 0 aliphatic rings. The van der Waals surface area contributed by atoms with Gasteiger partial charge < -0.3 is 0 Å². The normalized spacial score (nSPS) is 11.4. The first-order valence-corrected chi connectivity index (χ1v) is 5.78. The van der Waals surface area contributed by atoms with E-state index in [1.54, 1.807) is 16.0 Å². The molecular weight excluding hydrogens is 222 g/mol. The van der Waals surface area contributed by atoms with E-state index in [4.69, 9.17) is 0 Å². The summed E-state index contributed by atoms with van der Waals surface area (Å²) in [5, 5.41) is 9.68. The van der Waals surface area contributed by atoms with E-state index in [9.17, 15) is 0 Å². The number of aromatic nitrogens is 5. The third-order valence-corrected chi connectivity index (χ3v) is 3.27. The molecule has 0 aliphatic heterocycles. The maximum atomic E-state index is 4.54. The lowest BCUT2D eigenvalue weighted by Gasteiger charge is -1.89. The summed E-state index contributed by atoms with van der Waals surface area (Å²) in [5.74, 6) is 0. The zero-order valence-electron chi connectivity index (χ0n) is 9.30. The molecule has 6 heteroatoms. The van der Waals surface area contributed by atoms with Crippen molar-refractivity contribution < 1.29 is 0 Å². The molecule has 3 aromatic rings. The Morgan fingerprint density at radius 2 is 2.00 bits per heavy atom. The lowest BCUT2D eigenvalue weighted by atomic mass is 10.2. The second-order valence-electron chi connectivity index (χ2n) is 3.78. The SMILES string of the molecule is Cc1nn2cc(-c3cn(C)nc3C)nc2s1. The van der Waals surface area contributed by atoms with E-state index in [-0.39, 0.29) is 0 Å². The molecule has 0 N–H and O–H groups in total. The van der Waals surface area contributed by atoms with Gasteiger partial charge in [0.15, 0.2) is 0 Å². The summed E-state index contributed by atoms with van der Waals surface area (Å²) < 4.78 is 3.62. The summed E-state index contributed by atoms with van der Waals surface area (Å²) in [7, 11) is 1.91. The summed E-state index contributed by atoms with van der Waals surface area (Å²) in [6, 6.07) is 0. The first-order valence-electron chi connectivity index (χ1n) is 4.97. The lowest BCUT2D eigenvalue weighted by Crippen LogP contribution is -1.86. The summed E-state index contributed by atoms with van der Waals surface area (Å²) in [5.41, 5.74) is 2.99. The minimum atomic E-state index is 0.927. The van der Waals surface area contributed by atoms with Crippen molar-refractivity contribution in [3.63, 3.8) is 0 Å². The maximum absolute atomic E-state index is 4.54. The van der Waals surface area contributed by atoms with Gasteiger partial charge in [-0.3, -0.25) is 4.68 Å². The van der Waals surface area contributed by atoms with Gasteiger partial charge in [-0.1, -0.05) is 11.3 Å². The van der Waals surface area contributed by atoms with E-state index in [1.807, 2.05) is 37.8 Å². The Labute approximate surface area is 96.4 Å². The Morgan fingerprint density at radius 1 is 1.19 bits per heavy atom. The van der Waals surface area contributed by atoms with Crippen LogP contribution in [0.4, 0.5) is 0 Å². The molecule has 0 atom stereocenters. The van der Waals surface area contributed by atoms with Gasteiger partial charge in [-0.05, 0) is 13.8 Å². The van der Waals surface area contributed by atoms with Crippen molar-refractivity contribution in [3.8, 4) is 11.3 Å². The fourth-order valence-corrected chi connectivity index (χ4v) is 2.50. The fourth-order valence-electron chi connectivity index (χ4n) is 1.78. The molecule has 0 amide bonds. The number of fused-ring (bicyclic) bond motifs is 1. The quantitative estimate of drug-likeness (QED) is 0.644. The highest BCUT2D eigenvalue weighted by atomic mass is 32.1. The predicted octanol–water partition coefficient (Wildman–Crippen LogP) is 1.81. The van der Waals surface area contributed by atoms with Crippen LogP contribution in [0.2, 0.25) is 0 Å². The average molecular weight is 233 g/mol. The average Bonchev–Trinajstić information content (AvgIpc) is 2.78. The molecule has 0 radical (unpaired) electrons. The van der Waals surface area contributed by atoms with Gasteiger partial charge in [0.25, 0.3) is 0 Å². The molecule has 0 unspecified atom stereocenters. The molecule has 3 aromatic heterocycles. The largest absolute Gasteiger partial charge is 0.275 e. The van der Waals surface area contributed by atoms with Crippen LogP contribution in [-0.4, -0.2) is 24.4 Å². The maximum Gasteiger partial charge on any atom is 0.212 e. The Bertz CT molecular complexity index is 628. The van der Waals surface area contributed by atoms with Gasteiger partial charge in [0, 0.05) is 18.8 Å². The Hall–Kier alpha value is -1.69. The summed E-state index contributed by atoms with van der Waals surface area (Å²) >= 11 is 1.59. The molecule has 0 aromatic carbocycles. The molecule has 5 nitrogen and oxygen atoms in total. The standard InChI is InChI=1S/C10H11N5S/c1-6-8(4-14(3)12-6)9-5-15-10(11-9)16-7(2)13-15/h4-5H,1-3H3. The number of hydrogen-bond acceptors (Lipinski definition) is 4. The van der Waals surface area contributed by atoms with E-state index in [0.29, 0.717) is 0 Å². The summed E-state index contributed by atoms with van der Waals surface area (Å²) in [6.07, 6.45) is 3.93. The molecule has 82 valence electrons. The molecule has 3 heterocycles. The highest BCUT2D eigenvalue weighted by Crippen LogP contribution is 2.23. The van der Waals surface area contributed by atoms with Crippen LogP contribution in [0, 0.1) is 13.8 Å². The third kappa shape index (κ3) is 1.34. The molecule has 0 saturated heterocycles. The highest BCUT2D eigenvalue weighted by Gasteiger charge is 2.11. The van der Waals surface area contributed by atoms with E-state index in [0.717, 1.165) is 26.9 Å². The van der Waals surface area contributed by atoms with Gasteiger partial charge in [0.05, 0.1) is 17.6 Å². The van der Waals surface area contributed by atoms with Crippen LogP contribution < -0.4 is 0 Å². The topological polar surface area (TPSA) is 48.0 Å². The van der Waals surface area contributed by atoms with Crippen LogP contribution in [0.1, 0.15) is 10.7 Å². The predicted molar refractivity (Wildman–Crippen MR) is 62.5 cm³/mol. The zero-order valence-corrected chi connectivity index (χ0v) is 10.1. The second kappa shape index (κ2) is 3.15. The Kier molecular flexibility index (Phi) is 1.88. The first-order chi connectivity index (χ1) is 7.63. The monoisotopic (exact) mass is 233 g/mol. The van der Waals surface area contributed by atoms with Crippen molar-refractivity contribution in [2.45, 2.75) is 13.8 Å². The number of imidazole rings is 1. The highest BCUT2D eigenvalue weighted by molar-refractivity contribution is 7.16. The van der Waals surface area contributed by atoms with Gasteiger partial charge in [0.1, 0.15) is 5.01 Å². The number of aryl methyl sites for hydroxylation is 3. The smallest absolute Gasteiger partial charge is 0.212 e. The molecule has 16 heavy (non-hydrogen) atoms. The number of nitrogens with zero attached hydrogens (tertiary/aromatic N) is 5. The van der Waals surface area contributed by atoms with Gasteiger partial charge in [-0.25, -0.2) is 9.50 Å². The van der Waals surface area contributed by atoms with Crippen LogP contribution >= 0.6 is 11.3 Å². The minimum absolute atomic E-state index is 0.927. The van der Waals surface area contributed by atoms with E-state index < -0.39 is 0 Å². The summed E-state index contributed by atoms with van der Waals surface area (Å²) in [4.78, 5) is 5.47. The van der Waals surface area contributed by atoms with Crippen molar-refractivity contribution >= 4 is 16.3 Å². The molecular formula is C10H11N5S. The number of hydrogen-bond donors (Lipinski definition) is 0. The van der Waals surface area contributed by atoms with Crippen molar-refractivity contribution in [2.75, 3.05) is 0 Å². The van der Waals surface area contributed by atoms with Crippen molar-refractivity contribution in [2.24, 2.45) is 7.05 Å². The molecule has 3 rings (SSSR count). The summed E-state index contributed by atoms with van der Waals surface area (Å²) in [6.45, 7) is 3.97. The lowest BCUT2D eigenvalue weighted by molar-refractivity contribution is 0.756. The van der Waals surface area contributed by atoms with Crippen LogP contribution in [-0.2, 0) is 7.05 Å². The van der Waals surface area contributed by atoms with Gasteiger partial charge in [-0.15, -0.1) is 0 Å². The zero-order chi connectivity index (χ0) is 11.3. The van der Waals surface area contributed by atoms with Gasteiger partial charge >= 0.3 is 0 Å². The minimum Gasteiger partial charge on any atom is -0.275 e. The molecule has 0 bridgehead atoms.